The molecular weight excluding hydrogens is 278 g/mol. The Kier molecular flexibility index (Phi) is 1.73. The summed E-state index contributed by atoms with van der Waals surface area (Å²) >= 11 is 1.15. The van der Waals surface area contributed by atoms with Crippen molar-refractivity contribution >= 4 is 23.6 Å². The zero-order valence-corrected chi connectivity index (χ0v) is 11.5. The van der Waals surface area contributed by atoms with Crippen molar-refractivity contribution in [1.29, 1.82) is 0 Å². The van der Waals surface area contributed by atoms with Crippen LogP contribution in [0.4, 0.5) is 0 Å². The van der Waals surface area contributed by atoms with Crippen molar-refractivity contribution < 1.29 is 30.1 Å². The zero-order chi connectivity index (χ0) is 21.7. The van der Waals surface area contributed by atoms with Gasteiger partial charge in [0, 0.05) is 29.6 Å². The Labute approximate surface area is 133 Å². The first kappa shape index (κ1) is 7.29. The number of fused-ring (bicyclic) bond motifs is 1. The van der Waals surface area contributed by atoms with Crippen LogP contribution in [0.3, 0.4) is 0 Å². The predicted octanol–water partition coefficient (Wildman–Crippen LogP) is -0.192. The van der Waals surface area contributed by atoms with Crippen LogP contribution in [0.15, 0.2) is 11.3 Å². The number of hydrogen-bond acceptors (Lipinski definition) is 4. The van der Waals surface area contributed by atoms with Gasteiger partial charge < -0.3 is 15.3 Å². The molecule has 0 unspecified atom stereocenters. The van der Waals surface area contributed by atoms with E-state index in [1.807, 2.05) is 0 Å². The topological polar surface area (TPSA) is 83.6 Å². The molecule has 0 aromatic heterocycles. The van der Waals surface area contributed by atoms with Crippen LogP contribution in [0.25, 0.3) is 0 Å². The normalized spacial score (nSPS) is 48.1. The predicted molar refractivity (Wildman–Crippen MR) is 75.7 cm³/mol. The quantitative estimate of drug-likeness (QED) is 0.558. The number of β-lactam (4-membered cyclic amide) rings is 1. The van der Waals surface area contributed by atoms with E-state index in [1.54, 1.807) is 0 Å². The van der Waals surface area contributed by atoms with Gasteiger partial charge in [-0.25, -0.2) is 4.79 Å². The lowest BCUT2D eigenvalue weighted by atomic mass is 10.0. The standard InChI is InChI=1S/C13H19N3O3S/c1-16(4-2-3-5-16)6-8-7-20-12-9(14)11(17)15(12)10(8)13(18)19/h9,12H,2-7,14H2,1H3/p+1/t9-,12-/m1/s1/i2D2,3D2,4D2,5D2. The molecule has 7 heteroatoms. The van der Waals surface area contributed by atoms with Gasteiger partial charge in [-0.15, -0.1) is 11.8 Å². The average molecular weight is 306 g/mol. The third-order valence-electron chi connectivity index (χ3n) is 3.47. The molecule has 110 valence electrons. The van der Waals surface area contributed by atoms with E-state index in [9.17, 15) is 14.7 Å². The van der Waals surface area contributed by atoms with Crippen LogP contribution in [0.5, 0.6) is 0 Å². The maximum Gasteiger partial charge on any atom is 0.352 e. The summed E-state index contributed by atoms with van der Waals surface area (Å²) in [6.07, 6.45) is -6.39. The van der Waals surface area contributed by atoms with Gasteiger partial charge in [-0.1, -0.05) is 0 Å². The van der Waals surface area contributed by atoms with E-state index in [1.165, 1.54) is 0 Å². The zero-order valence-electron chi connectivity index (χ0n) is 18.7. The molecule has 0 bridgehead atoms. The summed E-state index contributed by atoms with van der Waals surface area (Å²) in [6, 6.07) is -0.862. The maximum atomic E-state index is 12.1. The molecule has 2 saturated heterocycles. The van der Waals surface area contributed by atoms with Crippen LogP contribution >= 0.6 is 11.8 Å². The van der Waals surface area contributed by atoms with Crippen molar-refractivity contribution in [1.82, 2.24) is 4.90 Å². The lowest BCUT2D eigenvalue weighted by Crippen LogP contribution is -2.68. The number of thioether (sulfide) groups is 1. The van der Waals surface area contributed by atoms with Crippen molar-refractivity contribution in [2.45, 2.75) is 24.2 Å². The first-order valence-electron chi connectivity index (χ1n) is 9.98. The molecule has 2 atom stereocenters. The number of likely N-dealkylation sites (N-methyl/N-ethyl adjacent to an activating group) is 1. The van der Waals surface area contributed by atoms with Crippen LogP contribution in [0.1, 0.15) is 23.7 Å². The van der Waals surface area contributed by atoms with Gasteiger partial charge in [-0.2, -0.15) is 0 Å². The van der Waals surface area contributed by atoms with E-state index < -0.39 is 65.8 Å². The van der Waals surface area contributed by atoms with Gasteiger partial charge in [0.1, 0.15) is 23.7 Å². The van der Waals surface area contributed by atoms with Gasteiger partial charge in [-0.05, 0) is 0 Å². The monoisotopic (exact) mass is 306 g/mol. The highest BCUT2D eigenvalue weighted by molar-refractivity contribution is 8.00. The number of carbonyl (C=O) groups excluding carboxylic acids is 1. The second-order valence-corrected chi connectivity index (χ2v) is 6.12. The van der Waals surface area contributed by atoms with Crippen molar-refractivity contribution in [3.8, 4) is 0 Å². The molecule has 0 radical (unpaired) electrons. The Hall–Kier alpha value is -1.05. The summed E-state index contributed by atoms with van der Waals surface area (Å²) in [7, 11) is 1.02. The molecule has 6 nitrogen and oxygen atoms in total. The number of aliphatic carboxylic acids is 1. The summed E-state index contributed by atoms with van der Waals surface area (Å²) in [5, 5.41) is 9.03. The summed E-state index contributed by atoms with van der Waals surface area (Å²) in [4.78, 5) is 24.8. The Bertz CT molecular complexity index is 776. The molecule has 20 heavy (non-hydrogen) atoms. The van der Waals surface area contributed by atoms with Crippen LogP contribution in [-0.2, 0) is 9.59 Å². The molecule has 0 aromatic carbocycles. The van der Waals surface area contributed by atoms with Crippen molar-refractivity contribution in [2.24, 2.45) is 5.73 Å². The minimum absolute atomic E-state index is 0.0236. The fraction of sp³-hybridized carbons (Fsp3) is 0.692. The highest BCUT2D eigenvalue weighted by atomic mass is 32.2. The molecule has 3 aliphatic rings. The molecule has 1 amide bonds. The number of hydrogen-bond donors (Lipinski definition) is 2. The molecule has 3 rings (SSSR count). The minimum atomic E-state index is -3.19. The number of nitrogens with two attached hydrogens (primary N) is 1. The van der Waals surface area contributed by atoms with Crippen molar-refractivity contribution in [2.75, 3.05) is 32.3 Å². The molecule has 3 heterocycles. The lowest BCUT2D eigenvalue weighted by Gasteiger charge is -2.48. The van der Waals surface area contributed by atoms with Crippen LogP contribution in [0, 0.1) is 0 Å². The number of likely N-dealkylation sites (tertiary alicyclic amines) is 1. The highest BCUT2D eigenvalue weighted by Crippen LogP contribution is 2.40. The second-order valence-electron chi connectivity index (χ2n) is 5.02. The van der Waals surface area contributed by atoms with Gasteiger partial charge in [0.25, 0.3) is 0 Å². The summed E-state index contributed by atoms with van der Waals surface area (Å²) in [5.74, 6) is -2.05. The van der Waals surface area contributed by atoms with Crippen LogP contribution in [-0.4, -0.2) is 70.1 Å². The Morgan fingerprint density at radius 2 is 2.25 bits per heavy atom. The van der Waals surface area contributed by atoms with Gasteiger partial charge in [-0.3, -0.25) is 9.69 Å². The molecule has 0 spiro atoms. The van der Waals surface area contributed by atoms with E-state index in [0.717, 1.165) is 23.7 Å². The molecule has 0 aromatic rings. The number of carboxylic acid groups (broad SMARTS) is 1. The van der Waals surface area contributed by atoms with E-state index >= 15 is 0 Å². The number of nitrogens with zero attached hydrogens (tertiary/aromatic N) is 2. The molecule has 3 N–H and O–H groups in total. The third-order valence-corrected chi connectivity index (χ3v) is 4.83. The van der Waals surface area contributed by atoms with Crippen LogP contribution < -0.4 is 5.73 Å². The van der Waals surface area contributed by atoms with Gasteiger partial charge in [0.15, 0.2) is 0 Å². The average Bonchev–Trinajstić information content (AvgIpc) is 2.63. The number of rotatable bonds is 3. The van der Waals surface area contributed by atoms with E-state index in [-0.39, 0.29) is 11.3 Å². The third kappa shape index (κ3) is 2.04. The molecular formula is C13H20N3O3S+. The Balaban J connectivity index is 2.13. The van der Waals surface area contributed by atoms with Gasteiger partial charge in [0.2, 0.25) is 5.91 Å². The first-order chi connectivity index (χ1) is 12.5. The molecule has 0 saturated carbocycles. The number of quaternary nitrogens is 1. The summed E-state index contributed by atoms with van der Waals surface area (Å²) in [6.45, 7) is -6.67. The lowest BCUT2D eigenvalue weighted by molar-refractivity contribution is -0.893. The van der Waals surface area contributed by atoms with Gasteiger partial charge >= 0.3 is 5.97 Å². The number of carbonyl (C=O) groups is 2. The number of carboxylic acids is 1. The molecule has 3 aliphatic heterocycles. The van der Waals surface area contributed by atoms with E-state index in [0.29, 0.717) is 0 Å². The first-order valence-corrected chi connectivity index (χ1v) is 7.03. The fourth-order valence-electron chi connectivity index (χ4n) is 2.49. The van der Waals surface area contributed by atoms with Crippen LogP contribution in [0.2, 0.25) is 0 Å². The van der Waals surface area contributed by atoms with E-state index in [4.69, 9.17) is 16.7 Å². The van der Waals surface area contributed by atoms with E-state index in [2.05, 4.69) is 0 Å². The Morgan fingerprint density at radius 1 is 1.60 bits per heavy atom. The molecule has 2 fully saturated rings. The Morgan fingerprint density at radius 3 is 2.85 bits per heavy atom. The minimum Gasteiger partial charge on any atom is -0.477 e. The summed E-state index contributed by atoms with van der Waals surface area (Å²) < 4.78 is 63.3. The van der Waals surface area contributed by atoms with Crippen molar-refractivity contribution in [3.63, 3.8) is 0 Å². The second kappa shape index (κ2) is 4.75. The SMILES string of the molecule is [2H]C1([2H])C([2H])([2H])C([2H])([2H])[N+](C)(CC2=C(C(=O)O)N3C(=O)[C@@H](N)[C@H]3SC2)C1([2H])[2H]. The summed E-state index contributed by atoms with van der Waals surface area (Å²) in [5.41, 5.74) is 5.28. The van der Waals surface area contributed by atoms with Crippen molar-refractivity contribution in [3.05, 3.63) is 11.3 Å². The highest BCUT2D eigenvalue weighted by Gasteiger charge is 2.52. The van der Waals surface area contributed by atoms with Gasteiger partial charge in [0.05, 0.1) is 25.5 Å². The fourth-order valence-corrected chi connectivity index (χ4v) is 3.78. The number of amides is 1. The smallest absolute Gasteiger partial charge is 0.352 e. The molecule has 0 aliphatic carbocycles. The largest absolute Gasteiger partial charge is 0.477 e. The maximum absolute atomic E-state index is 12.1.